The van der Waals surface area contributed by atoms with Crippen LogP contribution in [0.3, 0.4) is 0 Å². The minimum Gasteiger partial charge on any atom is -0.313 e. The maximum atomic E-state index is 13.2. The van der Waals surface area contributed by atoms with Gasteiger partial charge in [-0.3, -0.25) is 0 Å². The van der Waals surface area contributed by atoms with Gasteiger partial charge in [0.1, 0.15) is 11.3 Å². The lowest BCUT2D eigenvalue weighted by molar-refractivity contribution is 0.469. The molecule has 4 rings (SSSR count). The molecule has 0 spiro atoms. The van der Waals surface area contributed by atoms with Crippen molar-refractivity contribution in [1.82, 2.24) is 18.8 Å². The van der Waals surface area contributed by atoms with Crippen LogP contribution >= 0.6 is 0 Å². The number of pyridine rings is 1. The molecular weight excluding hydrogens is 384 g/mol. The molecule has 1 saturated heterocycles. The lowest BCUT2D eigenvalue weighted by Gasteiger charge is -2.17. The summed E-state index contributed by atoms with van der Waals surface area (Å²) < 4.78 is 30.0. The van der Waals surface area contributed by atoms with E-state index >= 15 is 0 Å². The highest BCUT2D eigenvalue weighted by atomic mass is 32.2. The molecular formula is C22H28N4O2S. The number of sulfonamides is 1. The third-order valence-corrected chi connectivity index (χ3v) is 7.45. The van der Waals surface area contributed by atoms with Gasteiger partial charge in [-0.25, -0.2) is 18.4 Å². The summed E-state index contributed by atoms with van der Waals surface area (Å²) in [4.78, 5) is 9.60. The molecule has 6 nitrogen and oxygen atoms in total. The van der Waals surface area contributed by atoms with Crippen LogP contribution in [0.5, 0.6) is 0 Å². The number of nitrogens with zero attached hydrogens (tertiary/aromatic N) is 4. The Hall–Kier alpha value is -2.25. The highest BCUT2D eigenvalue weighted by molar-refractivity contribution is 7.89. The van der Waals surface area contributed by atoms with E-state index in [1.807, 2.05) is 24.3 Å². The van der Waals surface area contributed by atoms with Crippen molar-refractivity contribution in [3.8, 4) is 0 Å². The molecule has 1 aliphatic rings. The Balaban J connectivity index is 1.56. The SMILES string of the molecule is CCn1c([C@H]2CCN(S(=O)(=O)c3ccc(CC(C)C)cc3)C2)nc2cccnc21. The van der Waals surface area contributed by atoms with E-state index in [9.17, 15) is 8.42 Å². The first kappa shape index (κ1) is 20.0. The summed E-state index contributed by atoms with van der Waals surface area (Å²) in [6, 6.07) is 11.2. The van der Waals surface area contributed by atoms with E-state index in [-0.39, 0.29) is 5.92 Å². The number of rotatable bonds is 6. The van der Waals surface area contributed by atoms with Crippen LogP contribution in [0.25, 0.3) is 11.2 Å². The number of benzene rings is 1. The van der Waals surface area contributed by atoms with Gasteiger partial charge in [0.15, 0.2) is 5.65 Å². The summed E-state index contributed by atoms with van der Waals surface area (Å²) in [6.07, 6.45) is 3.50. The molecule has 7 heteroatoms. The fraction of sp³-hybridized carbons (Fsp3) is 0.455. The number of fused-ring (bicyclic) bond motifs is 1. The normalized spacial score (nSPS) is 18.1. The number of imidazole rings is 1. The fourth-order valence-corrected chi connectivity index (χ4v) is 5.67. The summed E-state index contributed by atoms with van der Waals surface area (Å²) in [5.74, 6) is 1.56. The zero-order valence-corrected chi connectivity index (χ0v) is 18.1. The second kappa shape index (κ2) is 7.88. The first-order valence-electron chi connectivity index (χ1n) is 10.3. The van der Waals surface area contributed by atoms with Gasteiger partial charge in [0, 0.05) is 31.7 Å². The molecule has 3 aromatic rings. The monoisotopic (exact) mass is 412 g/mol. The quantitative estimate of drug-likeness (QED) is 0.617. The van der Waals surface area contributed by atoms with E-state index in [1.165, 1.54) is 5.56 Å². The van der Waals surface area contributed by atoms with Crippen LogP contribution in [0.15, 0.2) is 47.5 Å². The highest BCUT2D eigenvalue weighted by Gasteiger charge is 2.35. The molecule has 1 aliphatic heterocycles. The van der Waals surface area contributed by atoms with Gasteiger partial charge in [-0.1, -0.05) is 26.0 Å². The number of hydrogen-bond acceptors (Lipinski definition) is 4. The van der Waals surface area contributed by atoms with Crippen molar-refractivity contribution in [1.29, 1.82) is 0 Å². The Bertz CT molecular complexity index is 1100. The van der Waals surface area contributed by atoms with Crippen LogP contribution in [-0.2, 0) is 23.0 Å². The molecule has 1 aromatic carbocycles. The number of aromatic nitrogens is 3. The van der Waals surface area contributed by atoms with Gasteiger partial charge in [-0.05, 0) is 55.5 Å². The van der Waals surface area contributed by atoms with E-state index < -0.39 is 10.0 Å². The summed E-state index contributed by atoms with van der Waals surface area (Å²) in [5, 5.41) is 0. The lowest BCUT2D eigenvalue weighted by Crippen LogP contribution is -2.29. The van der Waals surface area contributed by atoms with Crippen LogP contribution in [0.4, 0.5) is 0 Å². The molecule has 3 heterocycles. The maximum absolute atomic E-state index is 13.2. The van der Waals surface area contributed by atoms with Crippen LogP contribution in [0, 0.1) is 5.92 Å². The molecule has 1 fully saturated rings. The number of hydrogen-bond donors (Lipinski definition) is 0. The van der Waals surface area contributed by atoms with Crippen LogP contribution in [0.1, 0.15) is 44.5 Å². The van der Waals surface area contributed by atoms with E-state index in [2.05, 4.69) is 30.3 Å². The standard InChI is InChI=1S/C22H28N4O2S/c1-4-26-21(24-20-6-5-12-23-22(20)26)18-11-13-25(15-18)29(27,28)19-9-7-17(8-10-19)14-16(2)3/h5-10,12,16,18H,4,11,13-15H2,1-3H3/t18-/m0/s1. The molecule has 0 unspecified atom stereocenters. The molecule has 0 radical (unpaired) electrons. The first-order valence-corrected chi connectivity index (χ1v) is 11.7. The van der Waals surface area contributed by atoms with Crippen molar-refractivity contribution < 1.29 is 8.42 Å². The van der Waals surface area contributed by atoms with Crippen molar-refractivity contribution in [2.24, 2.45) is 5.92 Å². The van der Waals surface area contributed by atoms with Crippen molar-refractivity contribution in [2.45, 2.75) is 51.0 Å². The third-order valence-electron chi connectivity index (χ3n) is 5.57. The largest absolute Gasteiger partial charge is 0.313 e. The number of aryl methyl sites for hydroxylation is 1. The van der Waals surface area contributed by atoms with E-state index in [4.69, 9.17) is 4.98 Å². The van der Waals surface area contributed by atoms with E-state index in [0.717, 1.165) is 36.4 Å². The summed E-state index contributed by atoms with van der Waals surface area (Å²) in [6.45, 7) is 8.13. The Labute approximate surface area is 172 Å². The summed E-state index contributed by atoms with van der Waals surface area (Å²) in [7, 11) is -3.49. The van der Waals surface area contributed by atoms with Gasteiger partial charge in [0.25, 0.3) is 0 Å². The van der Waals surface area contributed by atoms with E-state index in [0.29, 0.717) is 23.9 Å². The van der Waals surface area contributed by atoms with Crippen LogP contribution in [0.2, 0.25) is 0 Å². The van der Waals surface area contributed by atoms with Gasteiger partial charge < -0.3 is 4.57 Å². The molecule has 154 valence electrons. The molecule has 1 atom stereocenters. The predicted molar refractivity (Wildman–Crippen MR) is 114 cm³/mol. The highest BCUT2D eigenvalue weighted by Crippen LogP contribution is 2.32. The van der Waals surface area contributed by atoms with Gasteiger partial charge in [0.2, 0.25) is 10.0 Å². The smallest absolute Gasteiger partial charge is 0.243 e. The average molecular weight is 413 g/mol. The minimum absolute atomic E-state index is 0.0825. The zero-order valence-electron chi connectivity index (χ0n) is 17.2. The Kier molecular flexibility index (Phi) is 5.44. The van der Waals surface area contributed by atoms with Crippen molar-refractivity contribution in [3.05, 3.63) is 54.0 Å². The average Bonchev–Trinajstić information content (AvgIpc) is 3.33. The van der Waals surface area contributed by atoms with E-state index in [1.54, 1.807) is 22.6 Å². The molecule has 29 heavy (non-hydrogen) atoms. The topological polar surface area (TPSA) is 68.1 Å². The van der Waals surface area contributed by atoms with Crippen molar-refractivity contribution in [3.63, 3.8) is 0 Å². The van der Waals surface area contributed by atoms with Gasteiger partial charge in [0.05, 0.1) is 4.90 Å². The second-order valence-corrected chi connectivity index (χ2v) is 10.1. The van der Waals surface area contributed by atoms with Crippen LogP contribution in [-0.4, -0.2) is 40.3 Å². The predicted octanol–water partition coefficient (Wildman–Crippen LogP) is 3.83. The molecule has 0 saturated carbocycles. The lowest BCUT2D eigenvalue weighted by atomic mass is 10.0. The second-order valence-electron chi connectivity index (χ2n) is 8.15. The van der Waals surface area contributed by atoms with Gasteiger partial charge in [-0.15, -0.1) is 0 Å². The Morgan fingerprint density at radius 3 is 2.62 bits per heavy atom. The zero-order chi connectivity index (χ0) is 20.6. The fourth-order valence-electron chi connectivity index (χ4n) is 4.17. The molecule has 0 aliphatic carbocycles. The molecule has 0 bridgehead atoms. The van der Waals surface area contributed by atoms with Crippen LogP contribution < -0.4 is 0 Å². The van der Waals surface area contributed by atoms with Gasteiger partial charge >= 0.3 is 0 Å². The summed E-state index contributed by atoms with van der Waals surface area (Å²) >= 11 is 0. The Morgan fingerprint density at radius 1 is 1.17 bits per heavy atom. The summed E-state index contributed by atoms with van der Waals surface area (Å²) in [5.41, 5.74) is 2.90. The third kappa shape index (κ3) is 3.81. The molecule has 0 N–H and O–H groups in total. The molecule has 0 amide bonds. The maximum Gasteiger partial charge on any atom is 0.243 e. The van der Waals surface area contributed by atoms with Crippen molar-refractivity contribution >= 4 is 21.2 Å². The molecule has 2 aromatic heterocycles. The minimum atomic E-state index is -3.49. The Morgan fingerprint density at radius 2 is 1.93 bits per heavy atom. The first-order chi connectivity index (χ1) is 13.9. The van der Waals surface area contributed by atoms with Crippen molar-refractivity contribution in [2.75, 3.05) is 13.1 Å². The van der Waals surface area contributed by atoms with Gasteiger partial charge in [-0.2, -0.15) is 4.31 Å².